The average Bonchev–Trinajstić information content (AvgIpc) is 2.63. The van der Waals surface area contributed by atoms with Crippen molar-refractivity contribution in [2.24, 2.45) is 5.16 Å². The highest BCUT2D eigenvalue weighted by molar-refractivity contribution is 5.93. The number of rotatable bonds is 2. The Kier molecular flexibility index (Phi) is 2.37. The Morgan fingerprint density at radius 2 is 2.07 bits per heavy atom. The summed E-state index contributed by atoms with van der Waals surface area (Å²) in [4.78, 5) is 0. The molecule has 0 bridgehead atoms. The summed E-state index contributed by atoms with van der Waals surface area (Å²) in [6, 6.07) is 9.38. The van der Waals surface area contributed by atoms with Crippen molar-refractivity contribution in [1.29, 1.82) is 0 Å². The molecule has 1 heterocycles. The van der Waals surface area contributed by atoms with Gasteiger partial charge in [-0.15, -0.1) is 0 Å². The highest BCUT2D eigenvalue weighted by Crippen LogP contribution is 2.24. The van der Waals surface area contributed by atoms with Gasteiger partial charge in [0.05, 0.1) is 11.8 Å². The number of nitrogens with two attached hydrogens (primary N) is 1. The smallest absolute Gasteiger partial charge is 0.231 e. The predicted octanol–water partition coefficient (Wildman–Crippen LogP) is 1.73. The summed E-state index contributed by atoms with van der Waals surface area (Å²) in [6.45, 7) is 0. The van der Waals surface area contributed by atoms with Crippen LogP contribution >= 0.6 is 0 Å². The van der Waals surface area contributed by atoms with Gasteiger partial charge in [-0.3, -0.25) is 0 Å². The molecule has 0 saturated carbocycles. The molecule has 5 nitrogen and oxygen atoms in total. The first-order valence-electron chi connectivity index (χ1n) is 4.31. The lowest BCUT2D eigenvalue weighted by Crippen LogP contribution is -1.90. The average molecular weight is 203 g/mol. The van der Waals surface area contributed by atoms with Crippen LogP contribution in [0.2, 0.25) is 0 Å². The summed E-state index contributed by atoms with van der Waals surface area (Å²) in [5.41, 5.74) is 7.42. The topological polar surface area (TPSA) is 84.6 Å². The van der Waals surface area contributed by atoms with Crippen molar-refractivity contribution in [3.05, 3.63) is 35.9 Å². The standard InChI is InChI=1S/C10H9N3O2/c11-10-8(6-12-14)9(13-15-10)7-4-2-1-3-5-7/h1-6,14H,11H2/b12-6+. The minimum Gasteiger partial charge on any atom is -0.411 e. The minimum atomic E-state index is 0.131. The van der Waals surface area contributed by atoms with Crippen molar-refractivity contribution < 1.29 is 9.73 Å². The van der Waals surface area contributed by atoms with Crippen LogP contribution in [0.3, 0.4) is 0 Å². The van der Waals surface area contributed by atoms with E-state index in [9.17, 15) is 0 Å². The van der Waals surface area contributed by atoms with Gasteiger partial charge in [0.15, 0.2) is 0 Å². The van der Waals surface area contributed by atoms with E-state index in [-0.39, 0.29) is 5.88 Å². The minimum absolute atomic E-state index is 0.131. The van der Waals surface area contributed by atoms with Crippen LogP contribution in [-0.4, -0.2) is 16.6 Å². The Bertz CT molecular complexity index is 477. The lowest BCUT2D eigenvalue weighted by atomic mass is 10.1. The molecule has 0 atom stereocenters. The van der Waals surface area contributed by atoms with Crippen molar-refractivity contribution in [2.75, 3.05) is 5.73 Å². The Hall–Kier alpha value is -2.30. The third-order valence-corrected chi connectivity index (χ3v) is 1.99. The Labute approximate surface area is 85.8 Å². The van der Waals surface area contributed by atoms with Crippen LogP contribution in [-0.2, 0) is 0 Å². The first-order chi connectivity index (χ1) is 7.33. The van der Waals surface area contributed by atoms with Gasteiger partial charge in [-0.05, 0) is 0 Å². The zero-order chi connectivity index (χ0) is 10.7. The van der Waals surface area contributed by atoms with Crippen molar-refractivity contribution in [3.8, 4) is 11.3 Å². The first-order valence-corrected chi connectivity index (χ1v) is 4.31. The van der Waals surface area contributed by atoms with Gasteiger partial charge in [-0.2, -0.15) is 0 Å². The third kappa shape index (κ3) is 1.67. The Balaban J connectivity index is 2.54. The van der Waals surface area contributed by atoms with Crippen molar-refractivity contribution in [3.63, 3.8) is 0 Å². The normalized spacial score (nSPS) is 10.9. The Morgan fingerprint density at radius 3 is 2.73 bits per heavy atom. The van der Waals surface area contributed by atoms with Crippen LogP contribution in [0, 0.1) is 0 Å². The number of hydrogen-bond acceptors (Lipinski definition) is 5. The summed E-state index contributed by atoms with van der Waals surface area (Å²) in [5.74, 6) is 0.131. The fourth-order valence-corrected chi connectivity index (χ4v) is 1.30. The molecule has 0 saturated heterocycles. The molecule has 0 aliphatic carbocycles. The maximum Gasteiger partial charge on any atom is 0.231 e. The number of anilines is 1. The summed E-state index contributed by atoms with van der Waals surface area (Å²) in [6.07, 6.45) is 1.20. The molecule has 0 fully saturated rings. The summed E-state index contributed by atoms with van der Waals surface area (Å²) in [7, 11) is 0. The van der Waals surface area contributed by atoms with E-state index in [0.717, 1.165) is 5.56 Å². The molecule has 0 amide bonds. The number of benzene rings is 1. The van der Waals surface area contributed by atoms with E-state index in [1.807, 2.05) is 30.3 Å². The molecule has 0 spiro atoms. The maximum atomic E-state index is 8.48. The largest absolute Gasteiger partial charge is 0.411 e. The summed E-state index contributed by atoms with van der Waals surface area (Å²) < 4.78 is 4.83. The number of hydrogen-bond donors (Lipinski definition) is 2. The van der Waals surface area contributed by atoms with E-state index in [1.165, 1.54) is 6.21 Å². The molecule has 0 aliphatic heterocycles. The molecule has 15 heavy (non-hydrogen) atoms. The molecule has 2 rings (SSSR count). The lowest BCUT2D eigenvalue weighted by Gasteiger charge is -1.95. The molecule has 1 aromatic carbocycles. The molecule has 76 valence electrons. The van der Waals surface area contributed by atoms with E-state index in [0.29, 0.717) is 11.3 Å². The highest BCUT2D eigenvalue weighted by atomic mass is 16.5. The Morgan fingerprint density at radius 1 is 1.33 bits per heavy atom. The molecular formula is C10H9N3O2. The maximum absolute atomic E-state index is 8.48. The van der Waals surface area contributed by atoms with Crippen LogP contribution < -0.4 is 5.73 Å². The monoisotopic (exact) mass is 203 g/mol. The van der Waals surface area contributed by atoms with Gasteiger partial charge < -0.3 is 15.5 Å². The van der Waals surface area contributed by atoms with Crippen LogP contribution in [0.25, 0.3) is 11.3 Å². The second kappa shape index (κ2) is 3.83. The number of oxime groups is 1. The predicted molar refractivity (Wildman–Crippen MR) is 55.7 cm³/mol. The van der Waals surface area contributed by atoms with Gasteiger partial charge in [0.25, 0.3) is 0 Å². The zero-order valence-corrected chi connectivity index (χ0v) is 7.79. The molecule has 0 unspecified atom stereocenters. The van der Waals surface area contributed by atoms with Crippen molar-refractivity contribution in [2.45, 2.75) is 0 Å². The lowest BCUT2D eigenvalue weighted by molar-refractivity contribution is 0.322. The number of aromatic nitrogens is 1. The molecule has 5 heteroatoms. The van der Waals surface area contributed by atoms with Crippen molar-refractivity contribution in [1.82, 2.24) is 5.16 Å². The molecule has 3 N–H and O–H groups in total. The molecule has 2 aromatic rings. The van der Waals surface area contributed by atoms with Crippen LogP contribution in [0.1, 0.15) is 5.56 Å². The fraction of sp³-hybridized carbons (Fsp3) is 0. The summed E-state index contributed by atoms with van der Waals surface area (Å²) in [5, 5.41) is 15.2. The SMILES string of the molecule is Nc1onc(-c2ccccc2)c1/C=N/O. The molecule has 0 radical (unpaired) electrons. The van der Waals surface area contributed by atoms with E-state index in [2.05, 4.69) is 10.3 Å². The van der Waals surface area contributed by atoms with Gasteiger partial charge >= 0.3 is 0 Å². The number of nitrogen functional groups attached to an aromatic ring is 1. The van der Waals surface area contributed by atoms with E-state index < -0.39 is 0 Å². The molecular weight excluding hydrogens is 194 g/mol. The van der Waals surface area contributed by atoms with Gasteiger partial charge in [-0.1, -0.05) is 40.6 Å². The molecule has 1 aromatic heterocycles. The zero-order valence-electron chi connectivity index (χ0n) is 7.79. The van der Waals surface area contributed by atoms with Crippen LogP contribution in [0.5, 0.6) is 0 Å². The van der Waals surface area contributed by atoms with Crippen molar-refractivity contribution >= 4 is 12.1 Å². The molecule has 0 aliphatic rings. The van der Waals surface area contributed by atoms with E-state index >= 15 is 0 Å². The fourth-order valence-electron chi connectivity index (χ4n) is 1.30. The number of nitrogens with zero attached hydrogens (tertiary/aromatic N) is 2. The quantitative estimate of drug-likeness (QED) is 0.442. The second-order valence-electron chi connectivity index (χ2n) is 2.92. The van der Waals surface area contributed by atoms with E-state index in [4.69, 9.17) is 15.5 Å². The van der Waals surface area contributed by atoms with E-state index in [1.54, 1.807) is 0 Å². The van der Waals surface area contributed by atoms with Crippen LogP contribution in [0.15, 0.2) is 40.0 Å². The van der Waals surface area contributed by atoms with Crippen LogP contribution in [0.4, 0.5) is 5.88 Å². The highest BCUT2D eigenvalue weighted by Gasteiger charge is 2.13. The third-order valence-electron chi connectivity index (χ3n) is 1.99. The summed E-state index contributed by atoms with van der Waals surface area (Å²) >= 11 is 0. The van der Waals surface area contributed by atoms with Gasteiger partial charge in [0, 0.05) is 5.56 Å². The van der Waals surface area contributed by atoms with Gasteiger partial charge in [-0.25, -0.2) is 0 Å². The van der Waals surface area contributed by atoms with Gasteiger partial charge in [0.1, 0.15) is 5.69 Å². The van der Waals surface area contributed by atoms with Gasteiger partial charge in [0.2, 0.25) is 5.88 Å². The first kappa shape index (κ1) is 9.26. The second-order valence-corrected chi connectivity index (χ2v) is 2.92.